The first-order valence-electron chi connectivity index (χ1n) is 13.5. The Morgan fingerprint density at radius 2 is 1.70 bits per heavy atom. The second-order valence-corrected chi connectivity index (χ2v) is 10.4. The Morgan fingerprint density at radius 3 is 2.30 bits per heavy atom. The lowest BCUT2D eigenvalue weighted by Crippen LogP contribution is -2.56. The van der Waals surface area contributed by atoms with Gasteiger partial charge in [-0.15, -0.1) is 0 Å². The van der Waals surface area contributed by atoms with Crippen molar-refractivity contribution in [3.05, 3.63) is 53.7 Å². The zero-order valence-electron chi connectivity index (χ0n) is 23.3. The van der Waals surface area contributed by atoms with E-state index in [1.807, 2.05) is 36.4 Å². The molecule has 3 N–H and O–H groups in total. The molecule has 3 rings (SSSR count). The van der Waals surface area contributed by atoms with E-state index >= 15 is 0 Å². The van der Waals surface area contributed by atoms with Crippen LogP contribution in [-0.4, -0.2) is 93.3 Å². The number of carboxylic acid groups (broad SMARTS) is 1. The zero-order valence-corrected chi connectivity index (χ0v) is 23.3. The van der Waals surface area contributed by atoms with Crippen LogP contribution < -0.4 is 5.32 Å². The van der Waals surface area contributed by atoms with Crippen molar-refractivity contribution < 1.29 is 34.1 Å². The molecule has 0 aliphatic carbocycles. The number of ether oxygens (including phenoxy) is 1. The molecular weight excluding hydrogens is 516 g/mol. The van der Waals surface area contributed by atoms with Gasteiger partial charge in [-0.05, 0) is 57.7 Å². The number of pyridine rings is 1. The van der Waals surface area contributed by atoms with Crippen LogP contribution in [0.5, 0.6) is 0 Å². The van der Waals surface area contributed by atoms with Gasteiger partial charge < -0.3 is 30.1 Å². The SMILES string of the molecule is CCOC(=O)N1CCN(C(=O)C(CCC(=O)O)NC(=O)c2cc(CCC(C)(C)O)cc(-c3ccccc3)n2)CC1. The van der Waals surface area contributed by atoms with Crippen molar-refractivity contribution in [1.29, 1.82) is 0 Å². The minimum atomic E-state index is -1.09. The molecule has 0 spiro atoms. The predicted octanol–water partition coefficient (Wildman–Crippen LogP) is 2.72. The van der Waals surface area contributed by atoms with Crippen LogP contribution >= 0.6 is 0 Å². The highest BCUT2D eigenvalue weighted by molar-refractivity contribution is 5.97. The summed E-state index contributed by atoms with van der Waals surface area (Å²) in [6.45, 7) is 6.41. The molecule has 2 aromatic rings. The molecule has 3 amide bonds. The highest BCUT2D eigenvalue weighted by Crippen LogP contribution is 2.22. The summed E-state index contributed by atoms with van der Waals surface area (Å²) in [4.78, 5) is 57.7. The summed E-state index contributed by atoms with van der Waals surface area (Å²) in [7, 11) is 0. The number of carboxylic acids is 1. The molecular formula is C29H38N4O7. The number of carbonyl (C=O) groups excluding carboxylic acids is 3. The minimum Gasteiger partial charge on any atom is -0.481 e. The second-order valence-electron chi connectivity index (χ2n) is 10.4. The molecule has 2 heterocycles. The lowest BCUT2D eigenvalue weighted by atomic mass is 9.97. The fourth-order valence-electron chi connectivity index (χ4n) is 4.36. The summed E-state index contributed by atoms with van der Waals surface area (Å²) < 4.78 is 5.02. The number of aliphatic hydroxyl groups is 1. The monoisotopic (exact) mass is 554 g/mol. The number of amides is 3. The predicted molar refractivity (Wildman–Crippen MR) is 148 cm³/mol. The van der Waals surface area contributed by atoms with Crippen LogP contribution in [0.25, 0.3) is 11.3 Å². The molecule has 1 aliphatic rings. The largest absolute Gasteiger partial charge is 0.481 e. The van der Waals surface area contributed by atoms with Gasteiger partial charge in [0.2, 0.25) is 5.91 Å². The molecule has 1 aromatic heterocycles. The third kappa shape index (κ3) is 9.04. The van der Waals surface area contributed by atoms with E-state index in [1.165, 1.54) is 9.80 Å². The number of benzene rings is 1. The van der Waals surface area contributed by atoms with E-state index in [-0.39, 0.29) is 51.3 Å². The van der Waals surface area contributed by atoms with Crippen LogP contribution in [0.4, 0.5) is 4.79 Å². The van der Waals surface area contributed by atoms with E-state index < -0.39 is 35.5 Å². The quantitative estimate of drug-likeness (QED) is 0.384. The summed E-state index contributed by atoms with van der Waals surface area (Å²) >= 11 is 0. The topological polar surface area (TPSA) is 149 Å². The first-order chi connectivity index (χ1) is 19.0. The van der Waals surface area contributed by atoms with E-state index in [0.29, 0.717) is 18.5 Å². The number of hydrogen-bond donors (Lipinski definition) is 3. The van der Waals surface area contributed by atoms with Crippen LogP contribution in [-0.2, 0) is 20.7 Å². The van der Waals surface area contributed by atoms with Crippen LogP contribution in [0.2, 0.25) is 0 Å². The molecule has 0 saturated carbocycles. The molecule has 1 atom stereocenters. The summed E-state index contributed by atoms with van der Waals surface area (Å²) in [5.74, 6) is -2.10. The number of nitrogens with zero attached hydrogens (tertiary/aromatic N) is 3. The highest BCUT2D eigenvalue weighted by Gasteiger charge is 2.31. The van der Waals surface area contributed by atoms with Gasteiger partial charge in [0.05, 0.1) is 17.9 Å². The molecule has 216 valence electrons. The molecule has 11 nitrogen and oxygen atoms in total. The van der Waals surface area contributed by atoms with Crippen LogP contribution in [0.1, 0.15) is 56.1 Å². The van der Waals surface area contributed by atoms with Crippen LogP contribution in [0, 0.1) is 0 Å². The van der Waals surface area contributed by atoms with Crippen molar-refractivity contribution >= 4 is 23.9 Å². The fraction of sp³-hybridized carbons (Fsp3) is 0.483. The van der Waals surface area contributed by atoms with Crippen LogP contribution in [0.15, 0.2) is 42.5 Å². The Labute approximate surface area is 234 Å². The molecule has 40 heavy (non-hydrogen) atoms. The number of rotatable bonds is 11. The summed E-state index contributed by atoms with van der Waals surface area (Å²) in [5, 5.41) is 22.2. The van der Waals surface area contributed by atoms with E-state index in [9.17, 15) is 29.4 Å². The maximum Gasteiger partial charge on any atom is 0.409 e. The van der Waals surface area contributed by atoms with Gasteiger partial charge in [0.15, 0.2) is 0 Å². The van der Waals surface area contributed by atoms with Gasteiger partial charge in [0, 0.05) is 38.2 Å². The number of piperazine rings is 1. The Bertz CT molecular complexity index is 1190. The molecule has 1 unspecified atom stereocenters. The molecule has 1 aliphatic heterocycles. The van der Waals surface area contributed by atoms with E-state index in [4.69, 9.17) is 4.74 Å². The summed E-state index contributed by atoms with van der Waals surface area (Å²) in [6.07, 6.45) is 0.104. The van der Waals surface area contributed by atoms with Crippen molar-refractivity contribution in [2.24, 2.45) is 0 Å². The normalized spacial score (nSPS) is 14.4. The van der Waals surface area contributed by atoms with Gasteiger partial charge in [-0.2, -0.15) is 0 Å². The minimum absolute atomic E-state index is 0.0901. The molecule has 1 aromatic carbocycles. The average molecular weight is 555 g/mol. The van der Waals surface area contributed by atoms with Crippen molar-refractivity contribution in [2.45, 2.75) is 58.1 Å². The molecule has 11 heteroatoms. The number of carbonyl (C=O) groups is 4. The van der Waals surface area contributed by atoms with Gasteiger partial charge in [-0.1, -0.05) is 30.3 Å². The number of aromatic nitrogens is 1. The maximum atomic E-state index is 13.4. The zero-order chi connectivity index (χ0) is 29.3. The summed E-state index contributed by atoms with van der Waals surface area (Å²) in [6, 6.07) is 11.8. The van der Waals surface area contributed by atoms with Gasteiger partial charge in [0.25, 0.3) is 5.91 Å². The first-order valence-corrected chi connectivity index (χ1v) is 13.5. The highest BCUT2D eigenvalue weighted by atomic mass is 16.6. The average Bonchev–Trinajstić information content (AvgIpc) is 2.93. The first kappa shape index (κ1) is 30.6. The van der Waals surface area contributed by atoms with Crippen LogP contribution in [0.3, 0.4) is 0 Å². The number of nitrogens with one attached hydrogen (secondary N) is 1. The van der Waals surface area contributed by atoms with Crippen molar-refractivity contribution in [3.63, 3.8) is 0 Å². The van der Waals surface area contributed by atoms with E-state index in [1.54, 1.807) is 26.8 Å². The van der Waals surface area contributed by atoms with Gasteiger partial charge in [-0.3, -0.25) is 14.4 Å². The third-order valence-electron chi connectivity index (χ3n) is 6.58. The number of hydrogen-bond acceptors (Lipinski definition) is 7. The Balaban J connectivity index is 1.81. The Morgan fingerprint density at radius 1 is 1.05 bits per heavy atom. The molecule has 1 saturated heterocycles. The Hall–Kier alpha value is -3.99. The van der Waals surface area contributed by atoms with E-state index in [0.717, 1.165) is 11.1 Å². The lowest BCUT2D eigenvalue weighted by Gasteiger charge is -2.35. The number of aliphatic carboxylic acids is 1. The smallest absolute Gasteiger partial charge is 0.409 e. The summed E-state index contributed by atoms with van der Waals surface area (Å²) in [5.41, 5.74) is 1.36. The lowest BCUT2D eigenvalue weighted by molar-refractivity contribution is -0.138. The van der Waals surface area contributed by atoms with Gasteiger partial charge >= 0.3 is 12.1 Å². The van der Waals surface area contributed by atoms with Crippen molar-refractivity contribution in [3.8, 4) is 11.3 Å². The molecule has 0 radical (unpaired) electrons. The third-order valence-corrected chi connectivity index (χ3v) is 6.58. The number of aryl methyl sites for hydroxylation is 1. The van der Waals surface area contributed by atoms with Gasteiger partial charge in [0.1, 0.15) is 11.7 Å². The standard InChI is InChI=1S/C29H38N4O7/c1-4-40-28(38)33-16-14-32(15-17-33)27(37)22(10-11-25(34)35)31-26(36)24-19-20(12-13-29(2,3)39)18-23(30-24)21-8-6-5-7-9-21/h5-9,18-19,22,39H,4,10-17H2,1-3H3,(H,31,36)(H,34,35). The molecule has 1 fully saturated rings. The Kier molecular flexibility index (Phi) is 10.6. The van der Waals surface area contributed by atoms with Crippen molar-refractivity contribution in [1.82, 2.24) is 20.1 Å². The maximum absolute atomic E-state index is 13.4. The van der Waals surface area contributed by atoms with E-state index in [2.05, 4.69) is 10.3 Å². The fourth-order valence-corrected chi connectivity index (χ4v) is 4.36. The molecule has 0 bridgehead atoms. The second kappa shape index (κ2) is 13.9. The van der Waals surface area contributed by atoms with Gasteiger partial charge in [-0.25, -0.2) is 9.78 Å². The van der Waals surface area contributed by atoms with Crippen molar-refractivity contribution in [2.75, 3.05) is 32.8 Å².